The quantitative estimate of drug-likeness (QED) is 0.366. The summed E-state index contributed by atoms with van der Waals surface area (Å²) >= 11 is 0.792. The molecule has 2 N–H and O–H groups in total. The van der Waals surface area contributed by atoms with Crippen LogP contribution in [0.15, 0.2) is 30.3 Å². The first-order chi connectivity index (χ1) is 14.3. The maximum absolute atomic E-state index is 13.8. The minimum Gasteiger partial charge on any atom is -0.494 e. The van der Waals surface area contributed by atoms with Crippen molar-refractivity contribution in [3.8, 4) is 17.0 Å². The Balaban J connectivity index is 2.07. The van der Waals surface area contributed by atoms with Crippen molar-refractivity contribution in [3.63, 3.8) is 0 Å². The van der Waals surface area contributed by atoms with E-state index in [1.165, 1.54) is 0 Å². The molecule has 0 aliphatic carbocycles. The summed E-state index contributed by atoms with van der Waals surface area (Å²) in [6, 6.07) is 7.64. The molecule has 9 heteroatoms. The molecule has 0 saturated heterocycles. The highest BCUT2D eigenvalue weighted by Gasteiger charge is 2.36. The third kappa shape index (κ3) is 4.51. The van der Waals surface area contributed by atoms with Gasteiger partial charge in [-0.1, -0.05) is 13.3 Å². The molecule has 0 atom stereocenters. The fourth-order valence-corrected chi connectivity index (χ4v) is 3.91. The molecule has 2 aromatic heterocycles. The van der Waals surface area contributed by atoms with Crippen LogP contribution in [0.1, 0.15) is 41.9 Å². The van der Waals surface area contributed by atoms with Gasteiger partial charge >= 0.3 is 12.1 Å². The van der Waals surface area contributed by atoms with Gasteiger partial charge in [-0.3, -0.25) is 0 Å². The summed E-state index contributed by atoms with van der Waals surface area (Å²) in [6.07, 6.45) is -2.75. The number of fused-ring (bicyclic) bond motifs is 1. The maximum Gasteiger partial charge on any atom is 0.417 e. The van der Waals surface area contributed by atoms with Crippen molar-refractivity contribution in [3.05, 3.63) is 40.8 Å². The van der Waals surface area contributed by atoms with Crippen LogP contribution in [0.2, 0.25) is 0 Å². The molecule has 5 nitrogen and oxygen atoms in total. The standard InChI is InChI=1S/C21H21F3N2O3S/c1-3-5-10-29-13-8-6-12(7-9-13)15-11-14(21(22,23)24)16-17(25)18(20(27)28-4-2)30-19(16)26-15/h6-9,11H,3-5,10,25H2,1-2H3. The number of unbranched alkanes of at least 4 members (excludes halogenated alkanes) is 1. The number of aromatic nitrogens is 1. The number of esters is 1. The van der Waals surface area contributed by atoms with E-state index in [1.54, 1.807) is 31.2 Å². The molecule has 1 aromatic carbocycles. The second kappa shape index (κ2) is 8.91. The average molecular weight is 438 g/mol. The molecule has 0 aliphatic rings. The Labute approximate surface area is 175 Å². The number of anilines is 1. The SMILES string of the molecule is CCCCOc1ccc(-c2cc(C(F)(F)F)c3c(N)c(C(=O)OCC)sc3n2)cc1. The van der Waals surface area contributed by atoms with Crippen LogP contribution >= 0.6 is 11.3 Å². The van der Waals surface area contributed by atoms with Crippen molar-refractivity contribution in [1.82, 2.24) is 4.98 Å². The maximum atomic E-state index is 13.8. The van der Waals surface area contributed by atoms with Gasteiger partial charge in [-0.15, -0.1) is 11.3 Å². The number of ether oxygens (including phenoxy) is 2. The van der Waals surface area contributed by atoms with Crippen molar-refractivity contribution in [2.45, 2.75) is 32.9 Å². The highest BCUT2D eigenvalue weighted by Crippen LogP contribution is 2.43. The predicted molar refractivity (Wildman–Crippen MR) is 111 cm³/mol. The van der Waals surface area contributed by atoms with Crippen LogP contribution in [0.25, 0.3) is 21.5 Å². The number of nitrogens with two attached hydrogens (primary N) is 1. The number of thiophene rings is 1. The Bertz CT molecular complexity index is 1050. The fraction of sp³-hybridized carbons (Fsp3) is 0.333. The Hall–Kier alpha value is -2.81. The Morgan fingerprint density at radius 1 is 1.20 bits per heavy atom. The van der Waals surface area contributed by atoms with Gasteiger partial charge in [0.25, 0.3) is 0 Å². The third-order valence-corrected chi connectivity index (χ3v) is 5.46. The van der Waals surface area contributed by atoms with Crippen molar-refractivity contribution in [2.24, 2.45) is 0 Å². The van der Waals surface area contributed by atoms with Gasteiger partial charge in [0.1, 0.15) is 15.5 Å². The Morgan fingerprint density at radius 3 is 2.50 bits per heavy atom. The van der Waals surface area contributed by atoms with Crippen LogP contribution < -0.4 is 10.5 Å². The van der Waals surface area contributed by atoms with Gasteiger partial charge in [0.05, 0.1) is 30.2 Å². The van der Waals surface area contributed by atoms with Crippen molar-refractivity contribution in [2.75, 3.05) is 18.9 Å². The first-order valence-corrected chi connectivity index (χ1v) is 10.3. The molecule has 0 aliphatic heterocycles. The Kier molecular flexibility index (Phi) is 6.50. The number of halogens is 3. The molecule has 160 valence electrons. The highest BCUT2D eigenvalue weighted by molar-refractivity contribution is 7.21. The van der Waals surface area contributed by atoms with Crippen LogP contribution in [0.3, 0.4) is 0 Å². The lowest BCUT2D eigenvalue weighted by molar-refractivity contribution is -0.136. The molecule has 0 amide bonds. The minimum atomic E-state index is -4.67. The summed E-state index contributed by atoms with van der Waals surface area (Å²) in [7, 11) is 0. The summed E-state index contributed by atoms with van der Waals surface area (Å²) in [5.74, 6) is -0.129. The van der Waals surface area contributed by atoms with Gasteiger partial charge < -0.3 is 15.2 Å². The second-order valence-corrected chi connectivity index (χ2v) is 7.52. The number of rotatable bonds is 7. The molecule has 0 bridgehead atoms. The molecule has 0 radical (unpaired) electrons. The Morgan fingerprint density at radius 2 is 1.90 bits per heavy atom. The average Bonchev–Trinajstić information content (AvgIpc) is 3.04. The van der Waals surface area contributed by atoms with E-state index < -0.39 is 17.7 Å². The molecular weight excluding hydrogens is 417 g/mol. The highest BCUT2D eigenvalue weighted by atomic mass is 32.1. The number of pyridine rings is 1. The molecule has 0 saturated carbocycles. The van der Waals surface area contributed by atoms with Crippen LogP contribution in [0.4, 0.5) is 18.9 Å². The number of nitrogen functional groups attached to an aromatic ring is 1. The number of nitrogens with zero attached hydrogens (tertiary/aromatic N) is 1. The fourth-order valence-electron chi connectivity index (χ4n) is 2.90. The van der Waals surface area contributed by atoms with E-state index in [0.717, 1.165) is 30.2 Å². The number of carbonyl (C=O) groups is 1. The van der Waals surface area contributed by atoms with E-state index in [2.05, 4.69) is 11.9 Å². The zero-order valence-electron chi connectivity index (χ0n) is 16.5. The van der Waals surface area contributed by atoms with E-state index >= 15 is 0 Å². The largest absolute Gasteiger partial charge is 0.494 e. The first kappa shape index (κ1) is 21.9. The van der Waals surface area contributed by atoms with E-state index in [0.29, 0.717) is 17.9 Å². The molecule has 0 spiro atoms. The zero-order chi connectivity index (χ0) is 21.9. The number of carbonyl (C=O) groups excluding carboxylic acids is 1. The molecule has 3 aromatic rings. The third-order valence-electron chi connectivity index (χ3n) is 4.38. The molecule has 0 unspecified atom stereocenters. The molecule has 30 heavy (non-hydrogen) atoms. The van der Waals surface area contributed by atoms with Crippen LogP contribution in [0.5, 0.6) is 5.75 Å². The van der Waals surface area contributed by atoms with E-state index in [1.807, 2.05) is 0 Å². The van der Waals surface area contributed by atoms with E-state index in [-0.39, 0.29) is 33.1 Å². The van der Waals surface area contributed by atoms with Gasteiger partial charge in [0, 0.05) is 10.9 Å². The van der Waals surface area contributed by atoms with Gasteiger partial charge in [0.15, 0.2) is 0 Å². The predicted octanol–water partition coefficient (Wildman–Crippen LogP) is 5.92. The molecule has 2 heterocycles. The van der Waals surface area contributed by atoms with Crippen molar-refractivity contribution >= 4 is 33.2 Å². The lowest BCUT2D eigenvalue weighted by Gasteiger charge is -2.12. The minimum absolute atomic E-state index is 0.0312. The summed E-state index contributed by atoms with van der Waals surface area (Å²) in [6.45, 7) is 4.32. The molecular formula is C21H21F3N2O3S. The smallest absolute Gasteiger partial charge is 0.417 e. The van der Waals surface area contributed by atoms with Gasteiger partial charge in [-0.2, -0.15) is 13.2 Å². The summed E-state index contributed by atoms with van der Waals surface area (Å²) in [4.78, 5) is 16.4. The summed E-state index contributed by atoms with van der Waals surface area (Å²) in [5, 5.41) is -0.279. The van der Waals surface area contributed by atoms with Gasteiger partial charge in [-0.05, 0) is 43.7 Å². The second-order valence-electron chi connectivity index (χ2n) is 6.52. The van der Waals surface area contributed by atoms with Gasteiger partial charge in [-0.25, -0.2) is 9.78 Å². The van der Waals surface area contributed by atoms with Crippen molar-refractivity contribution < 1.29 is 27.4 Å². The molecule has 0 fully saturated rings. The van der Waals surface area contributed by atoms with E-state index in [9.17, 15) is 18.0 Å². The van der Waals surface area contributed by atoms with Crippen LogP contribution in [-0.2, 0) is 10.9 Å². The summed E-state index contributed by atoms with van der Waals surface area (Å²) < 4.78 is 51.8. The number of benzene rings is 1. The number of hydrogen-bond donors (Lipinski definition) is 1. The zero-order valence-corrected chi connectivity index (χ0v) is 17.3. The lowest BCUT2D eigenvalue weighted by atomic mass is 10.1. The van der Waals surface area contributed by atoms with Crippen molar-refractivity contribution in [1.29, 1.82) is 0 Å². The van der Waals surface area contributed by atoms with Crippen LogP contribution in [0, 0.1) is 0 Å². The monoisotopic (exact) mass is 438 g/mol. The van der Waals surface area contributed by atoms with Gasteiger partial charge in [0.2, 0.25) is 0 Å². The normalized spacial score (nSPS) is 11.6. The number of alkyl halides is 3. The first-order valence-electron chi connectivity index (χ1n) is 9.46. The summed E-state index contributed by atoms with van der Waals surface area (Å²) in [5.41, 5.74) is 5.31. The van der Waals surface area contributed by atoms with Crippen LogP contribution in [-0.4, -0.2) is 24.2 Å². The lowest BCUT2D eigenvalue weighted by Crippen LogP contribution is -2.08. The topological polar surface area (TPSA) is 74.4 Å². The molecule has 3 rings (SSSR count). The van der Waals surface area contributed by atoms with E-state index in [4.69, 9.17) is 15.2 Å². The number of hydrogen-bond acceptors (Lipinski definition) is 6.